The van der Waals surface area contributed by atoms with Crippen LogP contribution < -0.4 is 5.32 Å². The molecule has 9 heteroatoms. The Hall–Kier alpha value is -2.52. The van der Waals surface area contributed by atoms with Crippen molar-refractivity contribution in [2.24, 2.45) is 0 Å². The van der Waals surface area contributed by atoms with Gasteiger partial charge in [-0.1, -0.05) is 6.07 Å². The van der Waals surface area contributed by atoms with Crippen LogP contribution in [0, 0.1) is 0 Å². The molecule has 0 aliphatic heterocycles. The molecule has 0 aliphatic carbocycles. The molecule has 3 aromatic rings. The van der Waals surface area contributed by atoms with E-state index in [0.717, 1.165) is 6.07 Å². The van der Waals surface area contributed by atoms with E-state index in [0.29, 0.717) is 5.56 Å². The first kappa shape index (κ1) is 18.3. The fourth-order valence-corrected chi connectivity index (χ4v) is 3.01. The predicted octanol–water partition coefficient (Wildman–Crippen LogP) is 3.94. The third-order valence-electron chi connectivity index (χ3n) is 3.67. The van der Waals surface area contributed by atoms with Gasteiger partial charge in [0.15, 0.2) is 11.5 Å². The van der Waals surface area contributed by atoms with Crippen molar-refractivity contribution in [3.8, 4) is 11.5 Å². The lowest BCUT2D eigenvalue weighted by Gasteiger charge is -2.23. The molecule has 1 atom stereocenters. The number of halogens is 3. The number of nitrogens with zero attached hydrogens (tertiary/aromatic N) is 3. The number of pyridine rings is 1. The lowest BCUT2D eigenvalue weighted by molar-refractivity contribution is -0.141. The highest BCUT2D eigenvalue weighted by Crippen LogP contribution is 2.31. The average Bonchev–Trinajstić information content (AvgIpc) is 3.15. The number of alkyl halides is 3. The molecule has 26 heavy (non-hydrogen) atoms. The molecule has 2 N–H and O–H groups in total. The molecule has 0 radical (unpaired) electrons. The molecule has 0 aromatic carbocycles. The molecule has 0 bridgehead atoms. The molecule has 0 spiro atoms. The highest BCUT2D eigenvalue weighted by atomic mass is 32.1. The van der Waals surface area contributed by atoms with E-state index in [2.05, 4.69) is 20.3 Å². The van der Waals surface area contributed by atoms with Crippen LogP contribution in [0.5, 0.6) is 0 Å². The Morgan fingerprint density at radius 3 is 2.62 bits per heavy atom. The normalized spacial score (nSPS) is 14.0. The van der Waals surface area contributed by atoms with Gasteiger partial charge in [0.2, 0.25) is 0 Å². The van der Waals surface area contributed by atoms with Crippen LogP contribution in [-0.4, -0.2) is 26.6 Å². The van der Waals surface area contributed by atoms with Crippen molar-refractivity contribution in [3.05, 3.63) is 58.5 Å². The zero-order chi connectivity index (χ0) is 18.8. The minimum Gasteiger partial charge on any atom is -0.384 e. The number of nitrogens with one attached hydrogen (secondary N) is 1. The van der Waals surface area contributed by atoms with E-state index in [9.17, 15) is 18.3 Å². The first-order valence-corrected chi connectivity index (χ1v) is 8.56. The maximum Gasteiger partial charge on any atom is 0.433 e. The summed E-state index contributed by atoms with van der Waals surface area (Å²) in [5.74, 6) is -0.179. The summed E-state index contributed by atoms with van der Waals surface area (Å²) in [6.45, 7) is 1.56. The van der Waals surface area contributed by atoms with Gasteiger partial charge in [-0.15, -0.1) is 0 Å². The quantitative estimate of drug-likeness (QED) is 0.702. The molecule has 136 valence electrons. The third kappa shape index (κ3) is 4.17. The van der Waals surface area contributed by atoms with E-state index in [-0.39, 0.29) is 23.9 Å². The summed E-state index contributed by atoms with van der Waals surface area (Å²) in [6.07, 6.45) is -3.17. The van der Waals surface area contributed by atoms with E-state index < -0.39 is 17.5 Å². The molecular weight excluding hydrogens is 365 g/mol. The minimum absolute atomic E-state index is 0.0142. The van der Waals surface area contributed by atoms with E-state index in [1.165, 1.54) is 23.6 Å². The second kappa shape index (κ2) is 7.00. The lowest BCUT2D eigenvalue weighted by atomic mass is 9.99. The average molecular weight is 380 g/mol. The van der Waals surface area contributed by atoms with Crippen LogP contribution in [-0.2, 0) is 11.8 Å². The van der Waals surface area contributed by atoms with E-state index in [4.69, 9.17) is 0 Å². The SMILES string of the molecule is CC(O)(CNc1cc(C(F)(F)F)nc(-c2ccccn2)n1)c1ccsc1. The number of anilines is 1. The van der Waals surface area contributed by atoms with Crippen molar-refractivity contribution in [1.29, 1.82) is 0 Å². The monoisotopic (exact) mass is 380 g/mol. The smallest absolute Gasteiger partial charge is 0.384 e. The van der Waals surface area contributed by atoms with Gasteiger partial charge >= 0.3 is 6.18 Å². The van der Waals surface area contributed by atoms with Crippen LogP contribution in [0.1, 0.15) is 18.2 Å². The number of rotatable bonds is 5. The van der Waals surface area contributed by atoms with Crippen molar-refractivity contribution in [2.75, 3.05) is 11.9 Å². The van der Waals surface area contributed by atoms with Crippen molar-refractivity contribution in [1.82, 2.24) is 15.0 Å². The van der Waals surface area contributed by atoms with Gasteiger partial charge in [-0.05, 0) is 41.4 Å². The number of hydrogen-bond donors (Lipinski definition) is 2. The van der Waals surface area contributed by atoms with Crippen molar-refractivity contribution in [2.45, 2.75) is 18.7 Å². The Morgan fingerprint density at radius 1 is 1.19 bits per heavy atom. The summed E-state index contributed by atoms with van der Waals surface area (Å²) in [5.41, 5.74) is -1.43. The fraction of sp³-hybridized carbons (Fsp3) is 0.235. The summed E-state index contributed by atoms with van der Waals surface area (Å²) in [7, 11) is 0. The van der Waals surface area contributed by atoms with Gasteiger partial charge in [0.05, 0.1) is 0 Å². The van der Waals surface area contributed by atoms with Gasteiger partial charge < -0.3 is 10.4 Å². The molecule has 0 amide bonds. The molecule has 3 aromatic heterocycles. The molecule has 0 saturated heterocycles. The van der Waals surface area contributed by atoms with Gasteiger partial charge in [0, 0.05) is 18.8 Å². The summed E-state index contributed by atoms with van der Waals surface area (Å²) in [6, 6.07) is 7.39. The lowest BCUT2D eigenvalue weighted by Crippen LogP contribution is -2.30. The van der Waals surface area contributed by atoms with Crippen LogP contribution in [0.25, 0.3) is 11.5 Å². The zero-order valence-corrected chi connectivity index (χ0v) is 14.5. The number of aromatic nitrogens is 3. The Bertz CT molecular complexity index is 867. The van der Waals surface area contributed by atoms with Gasteiger partial charge in [-0.25, -0.2) is 9.97 Å². The Morgan fingerprint density at radius 2 is 2.00 bits per heavy atom. The highest BCUT2D eigenvalue weighted by Gasteiger charge is 2.34. The molecule has 0 saturated carbocycles. The molecule has 1 unspecified atom stereocenters. The number of thiophene rings is 1. The van der Waals surface area contributed by atoms with E-state index in [1.54, 1.807) is 30.5 Å². The van der Waals surface area contributed by atoms with Gasteiger partial charge in [0.1, 0.15) is 17.1 Å². The standard InChI is InChI=1S/C17H15F3N4OS/c1-16(25,11-5-7-26-9-11)10-22-14-8-13(17(18,19)20)23-15(24-14)12-4-2-3-6-21-12/h2-9,25H,10H2,1H3,(H,22,23,24). The summed E-state index contributed by atoms with van der Waals surface area (Å²) < 4.78 is 39.5. The molecule has 0 fully saturated rings. The Labute approximate surface area is 151 Å². The molecule has 3 heterocycles. The molecule has 5 nitrogen and oxygen atoms in total. The molecule has 0 aliphatic rings. The Balaban J connectivity index is 1.91. The van der Waals surface area contributed by atoms with E-state index >= 15 is 0 Å². The molecule has 3 rings (SSSR count). The van der Waals surface area contributed by atoms with Crippen LogP contribution in [0.4, 0.5) is 19.0 Å². The predicted molar refractivity (Wildman–Crippen MR) is 92.6 cm³/mol. The zero-order valence-electron chi connectivity index (χ0n) is 13.7. The maximum atomic E-state index is 13.2. The van der Waals surface area contributed by atoms with Crippen molar-refractivity contribution >= 4 is 17.2 Å². The first-order valence-electron chi connectivity index (χ1n) is 7.62. The second-order valence-corrected chi connectivity index (χ2v) is 6.59. The third-order valence-corrected chi connectivity index (χ3v) is 4.35. The van der Waals surface area contributed by atoms with Gasteiger partial charge in [0.25, 0.3) is 0 Å². The summed E-state index contributed by atoms with van der Waals surface area (Å²) in [5, 5.41) is 16.9. The largest absolute Gasteiger partial charge is 0.433 e. The summed E-state index contributed by atoms with van der Waals surface area (Å²) in [4.78, 5) is 11.7. The van der Waals surface area contributed by atoms with Crippen molar-refractivity contribution in [3.63, 3.8) is 0 Å². The fourth-order valence-electron chi connectivity index (χ4n) is 2.23. The van der Waals surface area contributed by atoms with Crippen LogP contribution in [0.2, 0.25) is 0 Å². The summed E-state index contributed by atoms with van der Waals surface area (Å²) >= 11 is 1.42. The minimum atomic E-state index is -4.63. The molecular formula is C17H15F3N4OS. The van der Waals surface area contributed by atoms with Gasteiger partial charge in [-0.3, -0.25) is 4.98 Å². The first-order chi connectivity index (χ1) is 12.3. The maximum absolute atomic E-state index is 13.2. The number of hydrogen-bond acceptors (Lipinski definition) is 6. The number of aliphatic hydroxyl groups is 1. The van der Waals surface area contributed by atoms with Crippen LogP contribution in [0.15, 0.2) is 47.3 Å². The van der Waals surface area contributed by atoms with E-state index in [1.807, 2.05) is 5.38 Å². The topological polar surface area (TPSA) is 70.9 Å². The Kier molecular flexibility index (Phi) is 4.92. The highest BCUT2D eigenvalue weighted by molar-refractivity contribution is 7.08. The van der Waals surface area contributed by atoms with Crippen molar-refractivity contribution < 1.29 is 18.3 Å². The van der Waals surface area contributed by atoms with Gasteiger partial charge in [-0.2, -0.15) is 24.5 Å². The van der Waals surface area contributed by atoms with Crippen LogP contribution in [0.3, 0.4) is 0 Å². The van der Waals surface area contributed by atoms with Crippen LogP contribution >= 0.6 is 11.3 Å². The second-order valence-electron chi connectivity index (χ2n) is 5.81.